The summed E-state index contributed by atoms with van der Waals surface area (Å²) in [5.74, 6) is 1.98. The van der Waals surface area contributed by atoms with E-state index in [4.69, 9.17) is 20.9 Å². The van der Waals surface area contributed by atoms with Gasteiger partial charge in [0, 0.05) is 23.7 Å². The number of ether oxygens (including phenoxy) is 1. The molecule has 3 rings (SSSR count). The van der Waals surface area contributed by atoms with Crippen molar-refractivity contribution in [2.75, 3.05) is 20.2 Å². The van der Waals surface area contributed by atoms with E-state index in [0.717, 1.165) is 12.0 Å². The summed E-state index contributed by atoms with van der Waals surface area (Å²) in [4.78, 5) is 18.6. The highest BCUT2D eigenvalue weighted by atomic mass is 35.5. The van der Waals surface area contributed by atoms with Crippen molar-refractivity contribution in [2.24, 2.45) is 0 Å². The summed E-state index contributed by atoms with van der Waals surface area (Å²) in [6, 6.07) is 5.38. The number of nitrogens with zero attached hydrogens (tertiary/aromatic N) is 3. The summed E-state index contributed by atoms with van der Waals surface area (Å²) in [7, 11) is 1.57. The molecule has 23 heavy (non-hydrogen) atoms. The molecule has 6 nitrogen and oxygen atoms in total. The van der Waals surface area contributed by atoms with E-state index in [9.17, 15) is 4.79 Å². The summed E-state index contributed by atoms with van der Waals surface area (Å²) >= 11 is 6.20. The lowest BCUT2D eigenvalue weighted by molar-refractivity contribution is -0.129. The average Bonchev–Trinajstić information content (AvgIpc) is 3.18. The van der Waals surface area contributed by atoms with E-state index in [1.807, 2.05) is 11.0 Å². The van der Waals surface area contributed by atoms with Crippen molar-refractivity contribution >= 4 is 17.5 Å². The Hall–Kier alpha value is -2.08. The molecule has 2 heterocycles. The van der Waals surface area contributed by atoms with Gasteiger partial charge in [-0.15, -0.1) is 0 Å². The molecule has 1 aliphatic heterocycles. The van der Waals surface area contributed by atoms with E-state index >= 15 is 0 Å². The molecule has 0 saturated carbocycles. The Bertz CT molecular complexity index is 716. The first-order valence-corrected chi connectivity index (χ1v) is 7.85. The van der Waals surface area contributed by atoms with Crippen LogP contribution in [0.15, 0.2) is 22.7 Å². The van der Waals surface area contributed by atoms with Crippen LogP contribution in [0.5, 0.6) is 5.75 Å². The Morgan fingerprint density at radius 2 is 2.35 bits per heavy atom. The van der Waals surface area contributed by atoms with Crippen molar-refractivity contribution < 1.29 is 14.1 Å². The SMILES string of the molecule is COc1cccc(Cl)c1CC(=O)N1CCC(c2nc(C)no2)C1. The van der Waals surface area contributed by atoms with Crippen molar-refractivity contribution in [3.63, 3.8) is 0 Å². The van der Waals surface area contributed by atoms with Gasteiger partial charge in [0.05, 0.1) is 19.4 Å². The molecule has 0 bridgehead atoms. The molecule has 0 N–H and O–H groups in total. The fourth-order valence-corrected chi connectivity index (χ4v) is 3.06. The van der Waals surface area contributed by atoms with Gasteiger partial charge in [0.2, 0.25) is 11.8 Å². The van der Waals surface area contributed by atoms with Crippen molar-refractivity contribution in [2.45, 2.75) is 25.7 Å². The van der Waals surface area contributed by atoms with Crippen LogP contribution in [0.4, 0.5) is 0 Å². The Morgan fingerprint density at radius 3 is 3.04 bits per heavy atom. The summed E-state index contributed by atoms with van der Waals surface area (Å²) in [5.41, 5.74) is 0.721. The lowest BCUT2D eigenvalue weighted by Crippen LogP contribution is -2.30. The first-order chi connectivity index (χ1) is 11.1. The second-order valence-corrected chi connectivity index (χ2v) is 6.01. The van der Waals surface area contributed by atoms with Gasteiger partial charge in [-0.05, 0) is 25.5 Å². The zero-order valence-corrected chi connectivity index (χ0v) is 13.8. The third-order valence-electron chi connectivity index (χ3n) is 4.06. The highest BCUT2D eigenvalue weighted by Crippen LogP contribution is 2.30. The number of aryl methyl sites for hydroxylation is 1. The largest absolute Gasteiger partial charge is 0.496 e. The minimum atomic E-state index is 0.0233. The van der Waals surface area contributed by atoms with Crippen molar-refractivity contribution in [1.29, 1.82) is 0 Å². The van der Waals surface area contributed by atoms with E-state index in [-0.39, 0.29) is 18.2 Å². The van der Waals surface area contributed by atoms with Crippen molar-refractivity contribution in [3.05, 3.63) is 40.5 Å². The minimum absolute atomic E-state index is 0.0233. The number of benzene rings is 1. The molecule has 122 valence electrons. The molecule has 1 amide bonds. The monoisotopic (exact) mass is 335 g/mol. The summed E-state index contributed by atoms with van der Waals surface area (Å²) in [6.45, 7) is 3.06. The van der Waals surface area contributed by atoms with Gasteiger partial charge < -0.3 is 14.2 Å². The third kappa shape index (κ3) is 3.32. The Balaban J connectivity index is 1.68. The number of methoxy groups -OCH3 is 1. The topological polar surface area (TPSA) is 68.5 Å². The number of aromatic nitrogens is 2. The molecule has 2 aromatic rings. The summed E-state index contributed by atoms with van der Waals surface area (Å²) in [6.07, 6.45) is 1.05. The van der Waals surface area contributed by atoms with E-state index < -0.39 is 0 Å². The Kier molecular flexibility index (Phi) is 4.52. The Morgan fingerprint density at radius 1 is 1.52 bits per heavy atom. The quantitative estimate of drug-likeness (QED) is 0.859. The minimum Gasteiger partial charge on any atom is -0.496 e. The molecule has 1 fully saturated rings. The van der Waals surface area contributed by atoms with Crippen LogP contribution in [-0.2, 0) is 11.2 Å². The van der Waals surface area contributed by atoms with Crippen LogP contribution >= 0.6 is 11.6 Å². The van der Waals surface area contributed by atoms with Gasteiger partial charge in [-0.1, -0.05) is 22.8 Å². The average molecular weight is 336 g/mol. The number of amides is 1. The van der Waals surface area contributed by atoms with Gasteiger partial charge in [-0.3, -0.25) is 4.79 Å². The maximum Gasteiger partial charge on any atom is 0.231 e. The van der Waals surface area contributed by atoms with Crippen molar-refractivity contribution in [1.82, 2.24) is 15.0 Å². The standard InChI is InChI=1S/C16H18ClN3O3/c1-10-18-16(23-19-10)11-6-7-20(9-11)15(21)8-12-13(17)4-3-5-14(12)22-2/h3-5,11H,6-9H2,1-2H3. The molecule has 1 aromatic carbocycles. The second kappa shape index (κ2) is 6.58. The number of hydrogen-bond acceptors (Lipinski definition) is 5. The lowest BCUT2D eigenvalue weighted by atomic mass is 10.1. The van der Waals surface area contributed by atoms with Crippen LogP contribution in [-0.4, -0.2) is 41.1 Å². The molecule has 0 radical (unpaired) electrons. The number of likely N-dealkylation sites (tertiary alicyclic amines) is 1. The molecule has 1 saturated heterocycles. The molecule has 1 atom stereocenters. The van der Waals surface area contributed by atoms with Crippen LogP contribution in [0.3, 0.4) is 0 Å². The zero-order chi connectivity index (χ0) is 16.4. The highest BCUT2D eigenvalue weighted by molar-refractivity contribution is 6.31. The van der Waals surface area contributed by atoms with Gasteiger partial charge in [-0.2, -0.15) is 4.98 Å². The molecule has 1 aliphatic rings. The van der Waals surface area contributed by atoms with Gasteiger partial charge in [0.1, 0.15) is 5.75 Å². The summed E-state index contributed by atoms with van der Waals surface area (Å²) in [5, 5.41) is 4.35. The number of carbonyl (C=O) groups is 1. The fraction of sp³-hybridized carbons (Fsp3) is 0.438. The normalized spacial score (nSPS) is 17.5. The second-order valence-electron chi connectivity index (χ2n) is 5.60. The van der Waals surface area contributed by atoms with E-state index in [1.165, 1.54) is 0 Å². The van der Waals surface area contributed by atoms with Crippen LogP contribution < -0.4 is 4.74 Å². The van der Waals surface area contributed by atoms with Gasteiger partial charge in [0.15, 0.2) is 5.82 Å². The molecule has 0 spiro atoms. The van der Waals surface area contributed by atoms with Gasteiger partial charge in [-0.25, -0.2) is 0 Å². The molecule has 1 aromatic heterocycles. The third-order valence-corrected chi connectivity index (χ3v) is 4.41. The highest BCUT2D eigenvalue weighted by Gasteiger charge is 2.31. The first-order valence-electron chi connectivity index (χ1n) is 7.48. The predicted molar refractivity (Wildman–Crippen MR) is 84.7 cm³/mol. The zero-order valence-electron chi connectivity index (χ0n) is 13.1. The first kappa shape index (κ1) is 15.8. The van der Waals surface area contributed by atoms with E-state index in [0.29, 0.717) is 35.6 Å². The fourth-order valence-electron chi connectivity index (χ4n) is 2.83. The maximum absolute atomic E-state index is 12.6. The van der Waals surface area contributed by atoms with Crippen LogP contribution in [0, 0.1) is 6.92 Å². The number of rotatable bonds is 4. The number of hydrogen-bond donors (Lipinski definition) is 0. The van der Waals surface area contributed by atoms with Crippen LogP contribution in [0.25, 0.3) is 0 Å². The number of carbonyl (C=O) groups excluding carboxylic acids is 1. The predicted octanol–water partition coefficient (Wildman–Crippen LogP) is 2.60. The number of halogens is 1. The van der Waals surface area contributed by atoms with Crippen molar-refractivity contribution in [3.8, 4) is 5.75 Å². The smallest absolute Gasteiger partial charge is 0.231 e. The molecule has 7 heteroatoms. The van der Waals surface area contributed by atoms with E-state index in [2.05, 4.69) is 10.1 Å². The van der Waals surface area contributed by atoms with Gasteiger partial charge >= 0.3 is 0 Å². The molecular weight excluding hydrogens is 318 g/mol. The Labute approximate surface area is 139 Å². The van der Waals surface area contributed by atoms with E-state index in [1.54, 1.807) is 26.2 Å². The van der Waals surface area contributed by atoms with Gasteiger partial charge in [0.25, 0.3) is 0 Å². The molecule has 0 aliphatic carbocycles. The maximum atomic E-state index is 12.6. The van der Waals surface area contributed by atoms with Crippen LogP contribution in [0.2, 0.25) is 5.02 Å². The lowest BCUT2D eigenvalue weighted by Gasteiger charge is -2.17. The van der Waals surface area contributed by atoms with Crippen LogP contribution in [0.1, 0.15) is 29.6 Å². The molecule has 1 unspecified atom stereocenters. The summed E-state index contributed by atoms with van der Waals surface area (Å²) < 4.78 is 10.5. The molecular formula is C16H18ClN3O3.